The summed E-state index contributed by atoms with van der Waals surface area (Å²) in [6.07, 6.45) is -5.23. The highest BCUT2D eigenvalue weighted by Gasteiger charge is 2.30. The number of methoxy groups -OCH3 is 1. The highest BCUT2D eigenvalue weighted by Crippen LogP contribution is 2.32. The number of nitrogens with zero attached hydrogens (tertiary/aromatic N) is 1. The van der Waals surface area contributed by atoms with Crippen LogP contribution in [0.2, 0.25) is 0 Å². The first kappa shape index (κ1) is 22.5. The molecule has 158 valence electrons. The molecule has 11 heteroatoms. The summed E-state index contributed by atoms with van der Waals surface area (Å²) < 4.78 is 72.4. The number of ether oxygens (including phenoxy) is 2. The van der Waals surface area contributed by atoms with Gasteiger partial charge in [-0.1, -0.05) is 0 Å². The first-order chi connectivity index (χ1) is 13.4. The number of alkyl halides is 3. The van der Waals surface area contributed by atoms with Crippen molar-refractivity contribution in [3.05, 3.63) is 54.1 Å². The first-order valence-corrected chi connectivity index (χ1v) is 9.95. The maximum atomic E-state index is 12.6. The van der Waals surface area contributed by atoms with E-state index in [9.17, 15) is 31.5 Å². The van der Waals surface area contributed by atoms with Gasteiger partial charge in [0.15, 0.2) is 6.10 Å². The average Bonchev–Trinajstić information content (AvgIpc) is 2.65. The molecule has 0 aromatic heterocycles. The molecule has 0 aliphatic carbocycles. The van der Waals surface area contributed by atoms with E-state index in [4.69, 9.17) is 4.74 Å². The van der Waals surface area contributed by atoms with Crippen LogP contribution in [0, 0.1) is 0 Å². The molecule has 0 saturated carbocycles. The number of benzene rings is 2. The molecule has 29 heavy (non-hydrogen) atoms. The number of aliphatic hydroxyl groups excluding tert-OH is 1. The molecule has 2 rings (SSSR count). The Kier molecular flexibility index (Phi) is 6.75. The van der Waals surface area contributed by atoms with Crippen molar-refractivity contribution in [2.45, 2.75) is 12.3 Å². The van der Waals surface area contributed by atoms with Crippen molar-refractivity contribution >= 4 is 21.7 Å². The maximum absolute atomic E-state index is 12.6. The smallest absolute Gasteiger partial charge is 0.416 e. The first-order valence-electron chi connectivity index (χ1n) is 8.10. The van der Waals surface area contributed by atoms with E-state index < -0.39 is 40.4 Å². The SMILES string of the molecule is COC(=O)C(O)CN(c1ccc(Oc2ccc(C(F)(F)F)cc2)cc1)S(C)(=O)=O. The number of hydrogen-bond donors (Lipinski definition) is 1. The Bertz CT molecular complexity index is 943. The second kappa shape index (κ2) is 8.70. The predicted octanol–water partition coefficient (Wildman–Crippen LogP) is 2.80. The van der Waals surface area contributed by atoms with Gasteiger partial charge in [0, 0.05) is 0 Å². The van der Waals surface area contributed by atoms with E-state index in [0.29, 0.717) is 0 Å². The van der Waals surface area contributed by atoms with Gasteiger partial charge in [-0.2, -0.15) is 13.2 Å². The molecule has 1 unspecified atom stereocenters. The summed E-state index contributed by atoms with van der Waals surface area (Å²) in [4.78, 5) is 11.4. The lowest BCUT2D eigenvalue weighted by atomic mass is 10.2. The lowest BCUT2D eigenvalue weighted by Gasteiger charge is -2.24. The van der Waals surface area contributed by atoms with Crippen LogP contribution in [0.5, 0.6) is 11.5 Å². The number of halogens is 3. The summed E-state index contributed by atoms with van der Waals surface area (Å²) in [5, 5.41) is 9.76. The third-order valence-electron chi connectivity index (χ3n) is 3.75. The normalized spacial score (nSPS) is 12.9. The number of rotatable bonds is 7. The van der Waals surface area contributed by atoms with E-state index in [2.05, 4.69) is 4.74 Å². The third-order valence-corrected chi connectivity index (χ3v) is 4.91. The van der Waals surface area contributed by atoms with Crippen LogP contribution in [0.25, 0.3) is 0 Å². The molecule has 1 N–H and O–H groups in total. The number of esters is 1. The Labute approximate surface area is 165 Å². The summed E-state index contributed by atoms with van der Waals surface area (Å²) in [5.74, 6) is -0.580. The monoisotopic (exact) mass is 433 g/mol. The quantitative estimate of drug-likeness (QED) is 0.675. The largest absolute Gasteiger partial charge is 0.467 e. The Morgan fingerprint density at radius 1 is 1.07 bits per heavy atom. The van der Waals surface area contributed by atoms with Gasteiger partial charge in [-0.15, -0.1) is 0 Å². The molecule has 1 atom stereocenters. The van der Waals surface area contributed by atoms with Gasteiger partial charge in [-0.3, -0.25) is 4.31 Å². The number of carbonyl (C=O) groups is 1. The zero-order valence-corrected chi connectivity index (χ0v) is 16.2. The Hall–Kier alpha value is -2.79. The fraction of sp³-hybridized carbons (Fsp3) is 0.278. The number of aliphatic hydroxyl groups is 1. The highest BCUT2D eigenvalue weighted by molar-refractivity contribution is 7.92. The minimum Gasteiger partial charge on any atom is -0.467 e. The van der Waals surface area contributed by atoms with E-state index >= 15 is 0 Å². The van der Waals surface area contributed by atoms with Gasteiger partial charge in [0.25, 0.3) is 0 Å². The summed E-state index contributed by atoms with van der Waals surface area (Å²) >= 11 is 0. The van der Waals surface area contributed by atoms with E-state index in [-0.39, 0.29) is 17.2 Å². The lowest BCUT2D eigenvalue weighted by molar-refractivity contribution is -0.149. The zero-order valence-electron chi connectivity index (χ0n) is 15.4. The number of hydrogen-bond acceptors (Lipinski definition) is 6. The Morgan fingerprint density at radius 3 is 1.97 bits per heavy atom. The molecule has 0 amide bonds. The van der Waals surface area contributed by atoms with Crippen LogP contribution >= 0.6 is 0 Å². The van der Waals surface area contributed by atoms with Gasteiger partial charge in [-0.05, 0) is 48.5 Å². The second-order valence-electron chi connectivity index (χ2n) is 5.95. The van der Waals surface area contributed by atoms with Gasteiger partial charge < -0.3 is 14.6 Å². The average molecular weight is 433 g/mol. The second-order valence-corrected chi connectivity index (χ2v) is 7.86. The van der Waals surface area contributed by atoms with E-state index in [1.165, 1.54) is 24.3 Å². The van der Waals surface area contributed by atoms with Crippen LogP contribution < -0.4 is 9.04 Å². The van der Waals surface area contributed by atoms with E-state index in [0.717, 1.165) is 41.9 Å². The van der Waals surface area contributed by atoms with Crippen LogP contribution in [0.15, 0.2) is 48.5 Å². The lowest BCUT2D eigenvalue weighted by Crippen LogP contribution is -2.40. The van der Waals surface area contributed by atoms with Crippen LogP contribution in [-0.4, -0.2) is 45.5 Å². The molecule has 0 heterocycles. The van der Waals surface area contributed by atoms with E-state index in [1.807, 2.05) is 0 Å². The number of carbonyl (C=O) groups excluding carboxylic acids is 1. The fourth-order valence-corrected chi connectivity index (χ4v) is 3.25. The molecule has 0 bridgehead atoms. The van der Waals surface area contributed by atoms with Crippen LogP contribution in [0.4, 0.5) is 18.9 Å². The molecule has 0 aliphatic heterocycles. The van der Waals surface area contributed by atoms with Crippen molar-refractivity contribution in [3.63, 3.8) is 0 Å². The van der Waals surface area contributed by atoms with Gasteiger partial charge in [0.1, 0.15) is 11.5 Å². The van der Waals surface area contributed by atoms with Crippen molar-refractivity contribution in [3.8, 4) is 11.5 Å². The Morgan fingerprint density at radius 2 is 1.55 bits per heavy atom. The topological polar surface area (TPSA) is 93.1 Å². The van der Waals surface area contributed by atoms with Crippen molar-refractivity contribution in [1.29, 1.82) is 0 Å². The highest BCUT2D eigenvalue weighted by atomic mass is 32.2. The molecule has 0 spiro atoms. The fourth-order valence-electron chi connectivity index (χ4n) is 2.33. The molecule has 0 saturated heterocycles. The number of anilines is 1. The molecule has 2 aromatic carbocycles. The summed E-state index contributed by atoms with van der Waals surface area (Å²) in [5.41, 5.74) is -0.664. The minimum atomic E-state index is -4.45. The summed E-state index contributed by atoms with van der Waals surface area (Å²) in [6, 6.07) is 9.60. The molecular formula is C18H18F3NO6S. The summed E-state index contributed by atoms with van der Waals surface area (Å²) in [7, 11) is -2.77. The minimum absolute atomic E-state index is 0.148. The van der Waals surface area contributed by atoms with Gasteiger partial charge in [0.05, 0.1) is 31.2 Å². The molecule has 0 radical (unpaired) electrons. The predicted molar refractivity (Wildman–Crippen MR) is 98.2 cm³/mol. The van der Waals surface area contributed by atoms with Crippen LogP contribution in [-0.2, 0) is 25.7 Å². The van der Waals surface area contributed by atoms with Crippen LogP contribution in [0.3, 0.4) is 0 Å². The molecule has 2 aromatic rings. The van der Waals surface area contributed by atoms with Crippen molar-refractivity contribution in [1.82, 2.24) is 0 Å². The molecule has 0 aliphatic rings. The van der Waals surface area contributed by atoms with Crippen molar-refractivity contribution in [2.24, 2.45) is 0 Å². The maximum Gasteiger partial charge on any atom is 0.416 e. The standard InChI is InChI=1S/C18H18F3NO6S/c1-27-17(24)16(23)11-22(29(2,25)26)13-5-9-15(10-6-13)28-14-7-3-12(4-8-14)18(19,20)21/h3-10,16,23H,11H2,1-2H3. The Balaban J connectivity index is 2.17. The van der Waals surface area contributed by atoms with Crippen molar-refractivity contribution < 1.29 is 41.0 Å². The van der Waals surface area contributed by atoms with E-state index in [1.54, 1.807) is 0 Å². The molecular weight excluding hydrogens is 415 g/mol. The van der Waals surface area contributed by atoms with Crippen LogP contribution in [0.1, 0.15) is 5.56 Å². The van der Waals surface area contributed by atoms with Gasteiger partial charge in [0.2, 0.25) is 10.0 Å². The third kappa shape index (κ3) is 6.09. The number of sulfonamides is 1. The van der Waals surface area contributed by atoms with Gasteiger partial charge >= 0.3 is 12.1 Å². The van der Waals surface area contributed by atoms with Crippen molar-refractivity contribution in [2.75, 3.05) is 24.2 Å². The molecule has 7 nitrogen and oxygen atoms in total. The zero-order chi connectivity index (χ0) is 21.8. The van der Waals surface area contributed by atoms with Gasteiger partial charge in [-0.25, -0.2) is 13.2 Å². The summed E-state index contributed by atoms with van der Waals surface area (Å²) in [6.45, 7) is -0.551. The molecule has 0 fully saturated rings.